The van der Waals surface area contributed by atoms with Crippen molar-refractivity contribution in [1.82, 2.24) is 10.6 Å². The highest BCUT2D eigenvalue weighted by molar-refractivity contribution is 8.00. The van der Waals surface area contributed by atoms with E-state index in [-0.39, 0.29) is 5.91 Å². The Labute approximate surface area is 132 Å². The van der Waals surface area contributed by atoms with Crippen LogP contribution in [0.15, 0.2) is 29.2 Å². The molecular weight excluding hydrogens is 280 g/mol. The molecule has 0 bridgehead atoms. The fourth-order valence-corrected chi connectivity index (χ4v) is 3.35. The number of nitrogens with one attached hydrogen (secondary N) is 2. The van der Waals surface area contributed by atoms with Gasteiger partial charge in [0.15, 0.2) is 0 Å². The molecule has 116 valence electrons. The molecule has 4 heteroatoms. The minimum Gasteiger partial charge on any atom is -0.353 e. The Kier molecular flexibility index (Phi) is 6.58. The largest absolute Gasteiger partial charge is 0.353 e. The van der Waals surface area contributed by atoms with Crippen molar-refractivity contribution in [3.05, 3.63) is 29.8 Å². The Hall–Kier alpha value is -1.00. The summed E-state index contributed by atoms with van der Waals surface area (Å²) < 4.78 is 0. The van der Waals surface area contributed by atoms with Crippen LogP contribution < -0.4 is 10.6 Å². The third kappa shape index (κ3) is 6.10. The molecule has 1 aliphatic carbocycles. The number of thioether (sulfide) groups is 1. The van der Waals surface area contributed by atoms with Crippen molar-refractivity contribution in [3.63, 3.8) is 0 Å². The molecule has 2 rings (SSSR count). The van der Waals surface area contributed by atoms with E-state index in [1.54, 1.807) is 11.8 Å². The van der Waals surface area contributed by atoms with Gasteiger partial charge in [0, 0.05) is 23.5 Å². The van der Waals surface area contributed by atoms with Gasteiger partial charge in [-0.25, -0.2) is 0 Å². The molecule has 0 heterocycles. The van der Waals surface area contributed by atoms with Crippen molar-refractivity contribution >= 4 is 17.7 Å². The minimum absolute atomic E-state index is 0.164. The van der Waals surface area contributed by atoms with Crippen molar-refractivity contribution < 1.29 is 4.79 Å². The molecule has 3 nitrogen and oxygen atoms in total. The average molecular weight is 306 g/mol. The van der Waals surface area contributed by atoms with Crippen LogP contribution in [0.25, 0.3) is 0 Å². The van der Waals surface area contributed by atoms with Crippen LogP contribution in [0.5, 0.6) is 0 Å². The van der Waals surface area contributed by atoms with Crippen LogP contribution in [-0.4, -0.2) is 23.7 Å². The molecule has 1 fully saturated rings. The second-order valence-corrected chi connectivity index (χ2v) is 7.07. The van der Waals surface area contributed by atoms with E-state index in [0.717, 1.165) is 19.4 Å². The Morgan fingerprint density at radius 3 is 2.81 bits per heavy atom. The minimum atomic E-state index is 0.164. The normalized spacial score (nSPS) is 15.6. The molecule has 0 atom stereocenters. The average Bonchev–Trinajstić information content (AvgIpc) is 2.96. The molecule has 0 spiro atoms. The zero-order valence-corrected chi connectivity index (χ0v) is 13.8. The molecule has 21 heavy (non-hydrogen) atoms. The van der Waals surface area contributed by atoms with Gasteiger partial charge in [0.05, 0.1) is 5.75 Å². The number of amides is 1. The lowest BCUT2D eigenvalue weighted by Gasteiger charge is -2.12. The SMILES string of the molecule is CC(C)NCc1cccc(SCC(=O)NC2CCCC2)c1. The van der Waals surface area contributed by atoms with Crippen LogP contribution in [0.4, 0.5) is 0 Å². The predicted molar refractivity (Wildman–Crippen MR) is 89.5 cm³/mol. The summed E-state index contributed by atoms with van der Waals surface area (Å²) in [7, 11) is 0. The first-order chi connectivity index (χ1) is 10.1. The maximum Gasteiger partial charge on any atom is 0.230 e. The van der Waals surface area contributed by atoms with Gasteiger partial charge in [-0.1, -0.05) is 38.8 Å². The monoisotopic (exact) mass is 306 g/mol. The molecule has 0 aromatic heterocycles. The van der Waals surface area contributed by atoms with Crippen molar-refractivity contribution in [1.29, 1.82) is 0 Å². The number of carbonyl (C=O) groups is 1. The summed E-state index contributed by atoms with van der Waals surface area (Å²) in [5.41, 5.74) is 1.27. The van der Waals surface area contributed by atoms with Gasteiger partial charge in [-0.15, -0.1) is 11.8 Å². The molecule has 1 amide bonds. The summed E-state index contributed by atoms with van der Waals surface area (Å²) in [6.45, 7) is 5.16. The van der Waals surface area contributed by atoms with E-state index in [0.29, 0.717) is 17.8 Å². The highest BCUT2D eigenvalue weighted by atomic mass is 32.2. The summed E-state index contributed by atoms with van der Waals surface area (Å²) in [5.74, 6) is 0.676. The summed E-state index contributed by atoms with van der Waals surface area (Å²) in [5, 5.41) is 6.55. The number of rotatable bonds is 7. The fraction of sp³-hybridized carbons (Fsp3) is 0.588. The quantitative estimate of drug-likeness (QED) is 0.759. The van der Waals surface area contributed by atoms with E-state index < -0.39 is 0 Å². The molecule has 0 radical (unpaired) electrons. The number of hydrogen-bond donors (Lipinski definition) is 2. The van der Waals surface area contributed by atoms with Crippen LogP contribution in [0.3, 0.4) is 0 Å². The van der Waals surface area contributed by atoms with Crippen molar-refractivity contribution in [2.24, 2.45) is 0 Å². The second-order valence-electron chi connectivity index (χ2n) is 6.02. The van der Waals surface area contributed by atoms with Gasteiger partial charge in [0.25, 0.3) is 0 Å². The Balaban J connectivity index is 1.76. The standard InChI is InChI=1S/C17H26N2OS/c1-13(2)18-11-14-6-5-9-16(10-14)21-12-17(20)19-15-7-3-4-8-15/h5-6,9-10,13,15,18H,3-4,7-8,11-12H2,1-2H3,(H,19,20). The summed E-state index contributed by atoms with van der Waals surface area (Å²) >= 11 is 1.62. The van der Waals surface area contributed by atoms with Gasteiger partial charge in [-0.2, -0.15) is 0 Å². The molecule has 1 saturated carbocycles. The highest BCUT2D eigenvalue weighted by Gasteiger charge is 2.16. The third-order valence-corrected chi connectivity index (χ3v) is 4.70. The zero-order valence-electron chi connectivity index (χ0n) is 13.0. The Bertz CT molecular complexity index is 456. The molecule has 0 unspecified atom stereocenters. The molecular formula is C17H26N2OS. The molecule has 1 aromatic rings. The molecule has 1 aromatic carbocycles. The number of carbonyl (C=O) groups excluding carboxylic acids is 1. The maximum atomic E-state index is 11.9. The lowest BCUT2D eigenvalue weighted by molar-refractivity contribution is -0.119. The second kappa shape index (κ2) is 8.44. The lowest BCUT2D eigenvalue weighted by atomic mass is 10.2. The molecule has 1 aliphatic rings. The van der Waals surface area contributed by atoms with Crippen molar-refractivity contribution in [3.8, 4) is 0 Å². The Morgan fingerprint density at radius 2 is 2.10 bits per heavy atom. The van der Waals surface area contributed by atoms with Gasteiger partial charge >= 0.3 is 0 Å². The summed E-state index contributed by atoms with van der Waals surface area (Å²) in [6, 6.07) is 9.33. The molecule has 0 saturated heterocycles. The topological polar surface area (TPSA) is 41.1 Å². The van der Waals surface area contributed by atoms with Crippen LogP contribution in [0.1, 0.15) is 45.1 Å². The number of benzene rings is 1. The molecule has 2 N–H and O–H groups in total. The fourth-order valence-electron chi connectivity index (χ4n) is 2.56. The maximum absolute atomic E-state index is 11.9. The van der Waals surface area contributed by atoms with E-state index in [1.807, 2.05) is 0 Å². The first-order valence-corrected chi connectivity index (χ1v) is 8.86. The van der Waals surface area contributed by atoms with Crippen LogP contribution >= 0.6 is 11.8 Å². The van der Waals surface area contributed by atoms with Gasteiger partial charge < -0.3 is 10.6 Å². The third-order valence-electron chi connectivity index (χ3n) is 3.70. The molecule has 0 aliphatic heterocycles. The van der Waals surface area contributed by atoms with Crippen LogP contribution in [0.2, 0.25) is 0 Å². The number of hydrogen-bond acceptors (Lipinski definition) is 3. The van der Waals surface area contributed by atoms with E-state index in [1.165, 1.54) is 23.3 Å². The highest BCUT2D eigenvalue weighted by Crippen LogP contribution is 2.21. The summed E-state index contributed by atoms with van der Waals surface area (Å²) in [4.78, 5) is 13.1. The summed E-state index contributed by atoms with van der Waals surface area (Å²) in [6.07, 6.45) is 4.80. The zero-order chi connectivity index (χ0) is 15.1. The van der Waals surface area contributed by atoms with Gasteiger partial charge in [0.1, 0.15) is 0 Å². The van der Waals surface area contributed by atoms with Gasteiger partial charge in [-0.05, 0) is 30.5 Å². The van der Waals surface area contributed by atoms with E-state index >= 15 is 0 Å². The first-order valence-electron chi connectivity index (χ1n) is 7.88. The van der Waals surface area contributed by atoms with Crippen LogP contribution in [-0.2, 0) is 11.3 Å². The first kappa shape index (κ1) is 16.4. The lowest BCUT2D eigenvalue weighted by Crippen LogP contribution is -2.33. The van der Waals surface area contributed by atoms with Crippen molar-refractivity contribution in [2.45, 2.75) is 63.1 Å². The Morgan fingerprint density at radius 1 is 1.33 bits per heavy atom. The predicted octanol–water partition coefficient (Wildman–Crippen LogP) is 3.34. The van der Waals surface area contributed by atoms with E-state index in [4.69, 9.17) is 0 Å². The van der Waals surface area contributed by atoms with Crippen molar-refractivity contribution in [2.75, 3.05) is 5.75 Å². The van der Waals surface area contributed by atoms with Gasteiger partial charge in [-0.3, -0.25) is 4.79 Å². The smallest absolute Gasteiger partial charge is 0.230 e. The van der Waals surface area contributed by atoms with Gasteiger partial charge in [0.2, 0.25) is 5.91 Å². The van der Waals surface area contributed by atoms with E-state index in [2.05, 4.69) is 48.7 Å². The van der Waals surface area contributed by atoms with E-state index in [9.17, 15) is 4.79 Å². The van der Waals surface area contributed by atoms with Crippen LogP contribution in [0, 0.1) is 0 Å².